The number of piperazine rings is 1. The van der Waals surface area contributed by atoms with Gasteiger partial charge in [-0.2, -0.15) is 0 Å². The Bertz CT molecular complexity index is 1340. The van der Waals surface area contributed by atoms with Gasteiger partial charge in [-0.1, -0.05) is 22.9 Å². The quantitative estimate of drug-likeness (QED) is 0.383. The van der Waals surface area contributed by atoms with E-state index in [1.807, 2.05) is 44.7 Å². The van der Waals surface area contributed by atoms with Crippen LogP contribution in [0.1, 0.15) is 28.1 Å². The van der Waals surface area contributed by atoms with Crippen molar-refractivity contribution < 1.29 is 17.9 Å². The predicted molar refractivity (Wildman–Crippen MR) is 133 cm³/mol. The Morgan fingerprint density at radius 1 is 1.06 bits per heavy atom. The molecule has 0 saturated carbocycles. The fourth-order valence-electron chi connectivity index (χ4n) is 4.31. The molecule has 2 aromatic carbocycles. The molecule has 4 rings (SSSR count). The van der Waals surface area contributed by atoms with Gasteiger partial charge in [0.15, 0.2) is 0 Å². The fourth-order valence-corrected chi connectivity index (χ4v) is 5.46. The minimum absolute atomic E-state index is 0.148. The molecule has 2 heterocycles. The number of hydrogen-bond donors (Lipinski definition) is 1. The number of hydrogen-bond acceptors (Lipinski definition) is 8. The largest absolute Gasteiger partial charge is 0.363 e. The first-order valence-corrected chi connectivity index (χ1v) is 12.8. The SMILES string of the molecule is Cc1ccc(NS(=O)(=O)c2ccc(N3CCN(Cc4c(C)noc4C)CC3)c([N+](=O)[O-])c2)c(C)c1. The topological polar surface area (TPSA) is 122 Å². The lowest BCUT2D eigenvalue weighted by Crippen LogP contribution is -2.46. The molecule has 1 aliphatic rings. The first kappa shape index (κ1) is 24.7. The molecule has 186 valence electrons. The van der Waals surface area contributed by atoms with Crippen molar-refractivity contribution in [3.05, 3.63) is 74.7 Å². The van der Waals surface area contributed by atoms with E-state index in [0.29, 0.717) is 44.1 Å². The van der Waals surface area contributed by atoms with Gasteiger partial charge in [0.2, 0.25) is 0 Å². The zero-order valence-corrected chi connectivity index (χ0v) is 21.1. The third kappa shape index (κ3) is 5.30. The molecule has 1 aromatic heterocycles. The molecule has 1 aliphatic heterocycles. The van der Waals surface area contributed by atoms with Crippen molar-refractivity contribution in [1.82, 2.24) is 10.1 Å². The number of sulfonamides is 1. The summed E-state index contributed by atoms with van der Waals surface area (Å²) in [6, 6.07) is 9.45. The van der Waals surface area contributed by atoms with Crippen LogP contribution in [0.2, 0.25) is 0 Å². The van der Waals surface area contributed by atoms with Gasteiger partial charge < -0.3 is 9.42 Å². The number of aryl methyl sites for hydroxylation is 4. The first-order valence-electron chi connectivity index (χ1n) is 11.3. The smallest absolute Gasteiger partial charge is 0.293 e. The number of rotatable bonds is 7. The van der Waals surface area contributed by atoms with Gasteiger partial charge in [-0.15, -0.1) is 0 Å². The van der Waals surface area contributed by atoms with Gasteiger partial charge in [0.05, 0.1) is 21.2 Å². The highest BCUT2D eigenvalue weighted by atomic mass is 32.2. The number of nitro benzene ring substituents is 1. The molecule has 1 fully saturated rings. The number of anilines is 2. The Morgan fingerprint density at radius 3 is 2.37 bits per heavy atom. The maximum atomic E-state index is 13.0. The van der Waals surface area contributed by atoms with Crippen LogP contribution >= 0.6 is 0 Å². The second kappa shape index (κ2) is 9.67. The van der Waals surface area contributed by atoms with E-state index < -0.39 is 14.9 Å². The number of aromatic nitrogens is 1. The lowest BCUT2D eigenvalue weighted by atomic mass is 10.1. The Morgan fingerprint density at radius 2 is 1.77 bits per heavy atom. The van der Waals surface area contributed by atoms with Crippen LogP contribution in [0.15, 0.2) is 45.8 Å². The number of nitrogens with one attached hydrogen (secondary N) is 1. The maximum absolute atomic E-state index is 13.0. The van der Waals surface area contributed by atoms with E-state index in [0.717, 1.165) is 34.2 Å². The summed E-state index contributed by atoms with van der Waals surface area (Å²) in [4.78, 5) is 15.4. The molecule has 11 heteroatoms. The van der Waals surface area contributed by atoms with E-state index in [4.69, 9.17) is 4.52 Å². The standard InChI is InChI=1S/C24H29N5O5S/c1-16-5-7-22(17(2)13-16)26-35(32,33)20-6-8-23(24(14-20)29(30)31)28-11-9-27(10-12-28)15-21-18(3)25-34-19(21)4/h5-8,13-14,26H,9-12,15H2,1-4H3. The number of nitro groups is 1. The number of benzene rings is 2. The summed E-state index contributed by atoms with van der Waals surface area (Å²) in [6.45, 7) is 10.8. The van der Waals surface area contributed by atoms with Crippen LogP contribution in [0.25, 0.3) is 0 Å². The summed E-state index contributed by atoms with van der Waals surface area (Å²) >= 11 is 0. The summed E-state index contributed by atoms with van der Waals surface area (Å²) in [7, 11) is -3.99. The average molecular weight is 500 g/mol. The van der Waals surface area contributed by atoms with Gasteiger partial charge in [-0.3, -0.25) is 19.7 Å². The van der Waals surface area contributed by atoms with E-state index in [-0.39, 0.29) is 10.6 Å². The van der Waals surface area contributed by atoms with E-state index in [1.54, 1.807) is 6.07 Å². The Balaban J connectivity index is 1.51. The highest BCUT2D eigenvalue weighted by Gasteiger charge is 2.27. The summed E-state index contributed by atoms with van der Waals surface area (Å²) in [5, 5.41) is 15.9. The van der Waals surface area contributed by atoms with Gasteiger partial charge in [-0.25, -0.2) is 8.42 Å². The van der Waals surface area contributed by atoms with Gasteiger partial charge in [0.1, 0.15) is 11.4 Å². The molecule has 0 spiro atoms. The minimum Gasteiger partial charge on any atom is -0.363 e. The monoisotopic (exact) mass is 499 g/mol. The Labute approximate surface area is 204 Å². The van der Waals surface area contributed by atoms with E-state index in [2.05, 4.69) is 14.8 Å². The van der Waals surface area contributed by atoms with Gasteiger partial charge in [0.25, 0.3) is 15.7 Å². The number of nitrogens with zero attached hydrogens (tertiary/aromatic N) is 4. The third-order valence-electron chi connectivity index (χ3n) is 6.36. The summed E-state index contributed by atoms with van der Waals surface area (Å²) in [5.74, 6) is 0.798. The van der Waals surface area contributed by atoms with Crippen molar-refractivity contribution in [3.8, 4) is 0 Å². The second-order valence-corrected chi connectivity index (χ2v) is 10.6. The van der Waals surface area contributed by atoms with Crippen LogP contribution in [0.3, 0.4) is 0 Å². The normalized spacial score (nSPS) is 14.8. The summed E-state index contributed by atoms with van der Waals surface area (Å²) < 4.78 is 33.8. The van der Waals surface area contributed by atoms with Crippen molar-refractivity contribution in [1.29, 1.82) is 0 Å². The molecule has 10 nitrogen and oxygen atoms in total. The fraction of sp³-hybridized carbons (Fsp3) is 0.375. The molecule has 1 saturated heterocycles. The van der Waals surface area contributed by atoms with E-state index in [1.165, 1.54) is 12.1 Å². The zero-order valence-electron chi connectivity index (χ0n) is 20.2. The lowest BCUT2D eigenvalue weighted by Gasteiger charge is -2.35. The van der Waals surface area contributed by atoms with Crippen molar-refractivity contribution in [2.24, 2.45) is 0 Å². The summed E-state index contributed by atoms with van der Waals surface area (Å²) in [6.07, 6.45) is 0. The molecule has 3 aromatic rings. The summed E-state index contributed by atoms with van der Waals surface area (Å²) in [5.41, 5.74) is 4.34. The molecular formula is C24H29N5O5S. The molecule has 0 aliphatic carbocycles. The van der Waals surface area contributed by atoms with Gasteiger partial charge in [-0.05, 0) is 51.5 Å². The molecule has 0 radical (unpaired) electrons. The maximum Gasteiger partial charge on any atom is 0.293 e. The van der Waals surface area contributed by atoms with Crippen molar-refractivity contribution >= 4 is 27.1 Å². The molecule has 35 heavy (non-hydrogen) atoms. The van der Waals surface area contributed by atoms with Crippen LogP contribution in [0.4, 0.5) is 17.1 Å². The van der Waals surface area contributed by atoms with Crippen LogP contribution in [0.5, 0.6) is 0 Å². The predicted octanol–water partition coefficient (Wildman–Crippen LogP) is 3.94. The van der Waals surface area contributed by atoms with Crippen LogP contribution in [0, 0.1) is 37.8 Å². The molecule has 0 atom stereocenters. The van der Waals surface area contributed by atoms with Crippen LogP contribution < -0.4 is 9.62 Å². The first-order chi connectivity index (χ1) is 16.5. The molecule has 1 N–H and O–H groups in total. The van der Waals surface area contributed by atoms with Crippen molar-refractivity contribution in [2.45, 2.75) is 39.1 Å². The molecule has 0 amide bonds. The Hall–Kier alpha value is -3.44. The van der Waals surface area contributed by atoms with Crippen molar-refractivity contribution in [2.75, 3.05) is 35.8 Å². The van der Waals surface area contributed by atoms with E-state index >= 15 is 0 Å². The molecule has 0 bridgehead atoms. The molecule has 0 unspecified atom stereocenters. The van der Waals surface area contributed by atoms with Gasteiger partial charge >= 0.3 is 0 Å². The minimum atomic E-state index is -3.99. The highest BCUT2D eigenvalue weighted by Crippen LogP contribution is 2.33. The van der Waals surface area contributed by atoms with Gasteiger partial charge in [0, 0.05) is 44.4 Å². The zero-order chi connectivity index (χ0) is 25.3. The molecular weight excluding hydrogens is 470 g/mol. The van der Waals surface area contributed by atoms with Crippen LogP contribution in [-0.2, 0) is 16.6 Å². The third-order valence-corrected chi connectivity index (χ3v) is 7.72. The van der Waals surface area contributed by atoms with Crippen LogP contribution in [-0.4, -0.2) is 49.6 Å². The Kier molecular flexibility index (Phi) is 6.82. The lowest BCUT2D eigenvalue weighted by molar-refractivity contribution is -0.384. The van der Waals surface area contributed by atoms with Crippen molar-refractivity contribution in [3.63, 3.8) is 0 Å². The highest BCUT2D eigenvalue weighted by molar-refractivity contribution is 7.92. The second-order valence-electron chi connectivity index (χ2n) is 8.90. The average Bonchev–Trinajstić information content (AvgIpc) is 3.13. The van der Waals surface area contributed by atoms with E-state index in [9.17, 15) is 18.5 Å².